The number of nitrogens with one attached hydrogen (secondary N) is 2. The van der Waals surface area contributed by atoms with E-state index in [2.05, 4.69) is 33.5 Å². The van der Waals surface area contributed by atoms with Crippen molar-refractivity contribution in [3.63, 3.8) is 0 Å². The number of benzene rings is 3. The monoisotopic (exact) mass is 384 g/mol. The Labute approximate surface area is 168 Å². The van der Waals surface area contributed by atoms with Gasteiger partial charge in [0, 0.05) is 23.9 Å². The molecule has 0 spiro atoms. The molecule has 0 unspecified atom stereocenters. The first-order valence-corrected chi connectivity index (χ1v) is 9.15. The number of imidazole rings is 1. The second kappa shape index (κ2) is 7.95. The lowest BCUT2D eigenvalue weighted by molar-refractivity contribution is 0.355. The highest BCUT2D eigenvalue weighted by molar-refractivity contribution is 5.80. The zero-order valence-electron chi connectivity index (χ0n) is 16.2. The van der Waals surface area contributed by atoms with Gasteiger partial charge in [0.05, 0.1) is 36.9 Å². The van der Waals surface area contributed by atoms with Crippen molar-refractivity contribution in [1.29, 1.82) is 5.26 Å². The summed E-state index contributed by atoms with van der Waals surface area (Å²) in [5.41, 5.74) is 5.42. The van der Waals surface area contributed by atoms with E-state index >= 15 is 0 Å². The van der Waals surface area contributed by atoms with E-state index in [0.29, 0.717) is 23.6 Å². The molecule has 144 valence electrons. The highest BCUT2D eigenvalue weighted by Crippen LogP contribution is 2.30. The minimum Gasteiger partial charge on any atom is -0.493 e. The lowest BCUT2D eigenvalue weighted by Crippen LogP contribution is -2.00. The van der Waals surface area contributed by atoms with Crippen LogP contribution in [0.1, 0.15) is 11.1 Å². The molecule has 4 rings (SSSR count). The molecule has 29 heavy (non-hydrogen) atoms. The summed E-state index contributed by atoms with van der Waals surface area (Å²) in [4.78, 5) is 7.89. The molecule has 0 aliphatic heterocycles. The molecule has 0 bridgehead atoms. The van der Waals surface area contributed by atoms with Crippen molar-refractivity contribution in [2.75, 3.05) is 19.5 Å². The Kier molecular flexibility index (Phi) is 5.04. The van der Waals surface area contributed by atoms with Crippen LogP contribution in [0.5, 0.6) is 11.5 Å². The fraction of sp³-hybridized carbons (Fsp3) is 0.130. The predicted molar refractivity (Wildman–Crippen MR) is 113 cm³/mol. The molecule has 3 aromatic carbocycles. The van der Waals surface area contributed by atoms with Crippen molar-refractivity contribution >= 4 is 16.7 Å². The standard InChI is InChI=1S/C23H20N4O2/c1-28-21-10-8-18(12-22(21)29-2)25-14-15-3-6-17(7-4-15)23-26-19-9-5-16(13-24)11-20(19)27-23/h3-12,25H,14H2,1-2H3,(H,26,27). The van der Waals surface area contributed by atoms with Gasteiger partial charge in [-0.15, -0.1) is 0 Å². The third-order valence-electron chi connectivity index (χ3n) is 4.72. The van der Waals surface area contributed by atoms with Crippen LogP contribution < -0.4 is 14.8 Å². The number of hydrogen-bond donors (Lipinski definition) is 2. The Morgan fingerprint density at radius 1 is 0.966 bits per heavy atom. The van der Waals surface area contributed by atoms with Crippen molar-refractivity contribution < 1.29 is 9.47 Å². The van der Waals surface area contributed by atoms with E-state index in [9.17, 15) is 0 Å². The average Bonchev–Trinajstić information content (AvgIpc) is 3.21. The molecule has 0 saturated carbocycles. The maximum atomic E-state index is 9.04. The summed E-state index contributed by atoms with van der Waals surface area (Å²) in [6, 6.07) is 21.5. The van der Waals surface area contributed by atoms with Crippen LogP contribution in [0.3, 0.4) is 0 Å². The van der Waals surface area contributed by atoms with Gasteiger partial charge in [-0.1, -0.05) is 24.3 Å². The Hall–Kier alpha value is -3.98. The lowest BCUT2D eigenvalue weighted by atomic mass is 10.1. The van der Waals surface area contributed by atoms with Gasteiger partial charge < -0.3 is 19.8 Å². The molecule has 0 fully saturated rings. The summed E-state index contributed by atoms with van der Waals surface area (Å²) >= 11 is 0. The number of ether oxygens (including phenoxy) is 2. The number of aromatic amines is 1. The van der Waals surface area contributed by atoms with E-state index in [1.54, 1.807) is 20.3 Å². The first kappa shape index (κ1) is 18.4. The molecule has 1 aromatic heterocycles. The molecule has 0 saturated heterocycles. The second-order valence-electron chi connectivity index (χ2n) is 6.55. The number of aromatic nitrogens is 2. The van der Waals surface area contributed by atoms with Crippen LogP contribution in [-0.4, -0.2) is 24.2 Å². The lowest BCUT2D eigenvalue weighted by Gasteiger charge is -2.11. The molecule has 0 atom stereocenters. The fourth-order valence-electron chi connectivity index (χ4n) is 3.15. The van der Waals surface area contributed by atoms with Gasteiger partial charge >= 0.3 is 0 Å². The highest BCUT2D eigenvalue weighted by atomic mass is 16.5. The van der Waals surface area contributed by atoms with Gasteiger partial charge in [-0.05, 0) is 35.9 Å². The number of H-pyrrole nitrogens is 1. The number of fused-ring (bicyclic) bond motifs is 1. The van der Waals surface area contributed by atoms with Crippen LogP contribution in [0.15, 0.2) is 60.7 Å². The number of methoxy groups -OCH3 is 2. The zero-order chi connectivity index (χ0) is 20.2. The minimum atomic E-state index is 0.615. The van der Waals surface area contributed by atoms with Crippen LogP contribution in [0, 0.1) is 11.3 Å². The Bertz CT molecular complexity index is 1190. The number of nitriles is 1. The Morgan fingerprint density at radius 3 is 2.48 bits per heavy atom. The fourth-order valence-corrected chi connectivity index (χ4v) is 3.15. The third kappa shape index (κ3) is 3.85. The summed E-state index contributed by atoms with van der Waals surface area (Å²) in [6.45, 7) is 0.682. The van der Waals surface area contributed by atoms with Gasteiger partial charge in [0.1, 0.15) is 5.82 Å². The number of nitrogens with zero attached hydrogens (tertiary/aromatic N) is 2. The summed E-state index contributed by atoms with van der Waals surface area (Å²) in [5, 5.41) is 12.4. The molecular weight excluding hydrogens is 364 g/mol. The van der Waals surface area contributed by atoms with E-state index in [1.807, 2.05) is 42.5 Å². The largest absolute Gasteiger partial charge is 0.493 e. The van der Waals surface area contributed by atoms with Gasteiger partial charge in [-0.2, -0.15) is 5.26 Å². The van der Waals surface area contributed by atoms with Crippen molar-refractivity contribution in [2.45, 2.75) is 6.54 Å². The number of hydrogen-bond acceptors (Lipinski definition) is 5. The molecule has 4 aromatic rings. The van der Waals surface area contributed by atoms with Crippen LogP contribution >= 0.6 is 0 Å². The van der Waals surface area contributed by atoms with Gasteiger partial charge in [0.15, 0.2) is 11.5 Å². The Balaban J connectivity index is 1.48. The van der Waals surface area contributed by atoms with E-state index < -0.39 is 0 Å². The van der Waals surface area contributed by atoms with Crippen LogP contribution in [0.4, 0.5) is 5.69 Å². The van der Waals surface area contributed by atoms with Gasteiger partial charge in [0.25, 0.3) is 0 Å². The predicted octanol–water partition coefficient (Wildman–Crippen LogP) is 4.73. The average molecular weight is 384 g/mol. The summed E-state index contributed by atoms with van der Waals surface area (Å²) in [6.07, 6.45) is 0. The Morgan fingerprint density at radius 2 is 1.76 bits per heavy atom. The van der Waals surface area contributed by atoms with Crippen molar-refractivity contribution in [1.82, 2.24) is 9.97 Å². The van der Waals surface area contributed by atoms with Gasteiger partial charge in [0.2, 0.25) is 0 Å². The minimum absolute atomic E-state index is 0.615. The summed E-state index contributed by atoms with van der Waals surface area (Å²) < 4.78 is 10.6. The van der Waals surface area contributed by atoms with Crippen molar-refractivity contribution in [2.24, 2.45) is 0 Å². The van der Waals surface area contributed by atoms with Crippen LogP contribution in [0.25, 0.3) is 22.4 Å². The molecule has 0 radical (unpaired) electrons. The third-order valence-corrected chi connectivity index (χ3v) is 4.72. The summed E-state index contributed by atoms with van der Waals surface area (Å²) in [5.74, 6) is 2.18. The molecule has 0 amide bonds. The number of anilines is 1. The van der Waals surface area contributed by atoms with Crippen LogP contribution in [-0.2, 0) is 6.54 Å². The van der Waals surface area contributed by atoms with E-state index in [-0.39, 0.29) is 0 Å². The maximum Gasteiger partial charge on any atom is 0.162 e. The van der Waals surface area contributed by atoms with E-state index in [4.69, 9.17) is 14.7 Å². The zero-order valence-corrected chi connectivity index (χ0v) is 16.2. The van der Waals surface area contributed by atoms with E-state index in [1.165, 1.54) is 0 Å². The van der Waals surface area contributed by atoms with Crippen molar-refractivity contribution in [3.8, 4) is 29.0 Å². The second-order valence-corrected chi connectivity index (χ2v) is 6.55. The SMILES string of the molecule is COc1ccc(NCc2ccc(-c3nc4ccc(C#N)cc4[nH]3)cc2)cc1OC. The molecule has 6 nitrogen and oxygen atoms in total. The first-order chi connectivity index (χ1) is 14.2. The quantitative estimate of drug-likeness (QED) is 0.502. The van der Waals surface area contributed by atoms with Gasteiger partial charge in [-0.25, -0.2) is 4.98 Å². The van der Waals surface area contributed by atoms with Gasteiger partial charge in [-0.3, -0.25) is 0 Å². The topological polar surface area (TPSA) is 83.0 Å². The molecule has 1 heterocycles. The highest BCUT2D eigenvalue weighted by Gasteiger charge is 2.07. The molecule has 0 aliphatic carbocycles. The van der Waals surface area contributed by atoms with Crippen LogP contribution in [0.2, 0.25) is 0 Å². The molecule has 2 N–H and O–H groups in total. The molecule has 6 heteroatoms. The number of rotatable bonds is 6. The summed E-state index contributed by atoms with van der Waals surface area (Å²) in [7, 11) is 3.25. The normalized spacial score (nSPS) is 10.5. The van der Waals surface area contributed by atoms with Crippen molar-refractivity contribution in [3.05, 3.63) is 71.8 Å². The molecular formula is C23H20N4O2. The smallest absolute Gasteiger partial charge is 0.162 e. The van der Waals surface area contributed by atoms with E-state index in [0.717, 1.165) is 33.7 Å². The molecule has 0 aliphatic rings. The maximum absolute atomic E-state index is 9.04. The first-order valence-electron chi connectivity index (χ1n) is 9.15.